The lowest BCUT2D eigenvalue weighted by Crippen LogP contribution is -2.14. The molecular weight excluding hydrogens is 313 g/mol. The number of benzene rings is 1. The van der Waals surface area contributed by atoms with E-state index in [2.05, 4.69) is 15.0 Å². The van der Waals surface area contributed by atoms with Crippen LogP contribution in [0.25, 0.3) is 11.4 Å². The molecule has 120 valence electrons. The van der Waals surface area contributed by atoms with Gasteiger partial charge in [-0.1, -0.05) is 6.07 Å². The van der Waals surface area contributed by atoms with Crippen molar-refractivity contribution in [1.29, 1.82) is 0 Å². The number of aromatic nitrogens is 3. The summed E-state index contributed by atoms with van der Waals surface area (Å²) in [5.41, 5.74) is 11.5. The summed E-state index contributed by atoms with van der Waals surface area (Å²) in [6.07, 6.45) is 0. The molecule has 7 nitrogen and oxygen atoms in total. The van der Waals surface area contributed by atoms with Crippen molar-refractivity contribution in [3.8, 4) is 23.0 Å². The fourth-order valence-corrected chi connectivity index (χ4v) is 1.96. The summed E-state index contributed by atoms with van der Waals surface area (Å²) in [4.78, 5) is 23.0. The molecule has 0 bridgehead atoms. The fourth-order valence-electron chi connectivity index (χ4n) is 1.96. The molecule has 1 aromatic carbocycles. The first-order chi connectivity index (χ1) is 11.5. The quantitative estimate of drug-likeness (QED) is 0.710. The molecule has 2 heterocycles. The van der Waals surface area contributed by atoms with Crippen LogP contribution in [0.1, 0.15) is 10.5 Å². The van der Waals surface area contributed by atoms with E-state index in [0.29, 0.717) is 11.3 Å². The summed E-state index contributed by atoms with van der Waals surface area (Å²) in [5, 5.41) is 0. The van der Waals surface area contributed by atoms with Gasteiger partial charge in [-0.25, -0.2) is 9.97 Å². The van der Waals surface area contributed by atoms with Gasteiger partial charge in [0.05, 0.1) is 0 Å². The van der Waals surface area contributed by atoms with Crippen molar-refractivity contribution in [2.45, 2.75) is 0 Å². The zero-order valence-corrected chi connectivity index (χ0v) is 12.3. The molecule has 8 heteroatoms. The van der Waals surface area contributed by atoms with Gasteiger partial charge < -0.3 is 16.2 Å². The van der Waals surface area contributed by atoms with Gasteiger partial charge in [0, 0.05) is 17.7 Å². The average Bonchev–Trinajstić information content (AvgIpc) is 2.55. The monoisotopic (exact) mass is 325 g/mol. The van der Waals surface area contributed by atoms with Crippen LogP contribution >= 0.6 is 0 Å². The van der Waals surface area contributed by atoms with Crippen molar-refractivity contribution in [3.05, 3.63) is 60.2 Å². The van der Waals surface area contributed by atoms with Gasteiger partial charge in [-0.2, -0.15) is 9.37 Å². The number of nitrogens with two attached hydrogens (primary N) is 2. The number of carbonyl (C=O) groups excluding carboxylic acids is 1. The van der Waals surface area contributed by atoms with Crippen molar-refractivity contribution < 1.29 is 13.9 Å². The lowest BCUT2D eigenvalue weighted by Gasteiger charge is -2.07. The van der Waals surface area contributed by atoms with Crippen LogP contribution in [0.2, 0.25) is 0 Å². The molecule has 2 aromatic heterocycles. The first-order valence-corrected chi connectivity index (χ1v) is 6.86. The Balaban J connectivity index is 1.86. The molecule has 0 atom stereocenters. The zero-order chi connectivity index (χ0) is 17.1. The summed E-state index contributed by atoms with van der Waals surface area (Å²) in [6, 6.07) is 12.2. The number of nitrogen functional groups attached to an aromatic ring is 1. The highest BCUT2D eigenvalue weighted by molar-refractivity contribution is 5.91. The van der Waals surface area contributed by atoms with Gasteiger partial charge in [0.1, 0.15) is 17.3 Å². The molecule has 0 saturated heterocycles. The Hall–Kier alpha value is -3.55. The number of hydrogen-bond donors (Lipinski definition) is 2. The van der Waals surface area contributed by atoms with E-state index < -0.39 is 11.9 Å². The molecule has 0 saturated carbocycles. The second kappa shape index (κ2) is 6.29. The Morgan fingerprint density at radius 3 is 2.46 bits per heavy atom. The Morgan fingerprint density at radius 1 is 1.04 bits per heavy atom. The van der Waals surface area contributed by atoms with Crippen molar-refractivity contribution in [2.24, 2.45) is 5.73 Å². The normalized spacial score (nSPS) is 10.4. The van der Waals surface area contributed by atoms with Gasteiger partial charge in [0.25, 0.3) is 5.91 Å². The largest absolute Gasteiger partial charge is 0.439 e. The molecule has 0 radical (unpaired) electrons. The third kappa shape index (κ3) is 3.43. The Morgan fingerprint density at radius 2 is 1.79 bits per heavy atom. The molecule has 0 fully saturated rings. The van der Waals surface area contributed by atoms with E-state index in [-0.39, 0.29) is 23.2 Å². The molecule has 1 amide bonds. The number of pyridine rings is 1. The van der Waals surface area contributed by atoms with Gasteiger partial charge in [0.2, 0.25) is 11.8 Å². The van der Waals surface area contributed by atoms with Crippen molar-refractivity contribution in [3.63, 3.8) is 0 Å². The molecule has 0 aliphatic heterocycles. The van der Waals surface area contributed by atoms with E-state index in [9.17, 15) is 9.18 Å². The number of halogens is 1. The van der Waals surface area contributed by atoms with E-state index >= 15 is 0 Å². The van der Waals surface area contributed by atoms with Gasteiger partial charge in [-0.05, 0) is 30.3 Å². The van der Waals surface area contributed by atoms with Crippen molar-refractivity contribution in [1.82, 2.24) is 15.0 Å². The molecule has 4 N–H and O–H groups in total. The van der Waals surface area contributed by atoms with Crippen LogP contribution < -0.4 is 16.2 Å². The van der Waals surface area contributed by atoms with E-state index in [1.54, 1.807) is 24.3 Å². The smallest absolute Gasteiger partial charge is 0.267 e. The maximum absolute atomic E-state index is 13.0. The molecule has 3 rings (SSSR count). The number of amides is 1. The van der Waals surface area contributed by atoms with Gasteiger partial charge >= 0.3 is 0 Å². The standard InChI is InChI=1S/C16H12FN5O2/c17-12-2-1-3-14(21-12)24-10-6-4-9(5-7-10)16-20-11(15(19)23)8-13(18)22-16/h1-8H,(H2,19,23)(H2,18,20,22). The third-order valence-electron chi connectivity index (χ3n) is 3.02. The molecule has 24 heavy (non-hydrogen) atoms. The summed E-state index contributed by atoms with van der Waals surface area (Å²) < 4.78 is 18.5. The average molecular weight is 325 g/mol. The van der Waals surface area contributed by atoms with Crippen molar-refractivity contribution >= 4 is 11.7 Å². The van der Waals surface area contributed by atoms with Crippen LogP contribution in [0.4, 0.5) is 10.2 Å². The Kier molecular flexibility index (Phi) is 4.02. The molecule has 0 aliphatic carbocycles. The summed E-state index contributed by atoms with van der Waals surface area (Å²) >= 11 is 0. The number of ether oxygens (including phenoxy) is 1. The van der Waals surface area contributed by atoms with Crippen LogP contribution in [0.5, 0.6) is 11.6 Å². The lowest BCUT2D eigenvalue weighted by atomic mass is 10.2. The summed E-state index contributed by atoms with van der Waals surface area (Å²) in [5.74, 6) is -0.328. The van der Waals surface area contributed by atoms with Gasteiger partial charge in [0.15, 0.2) is 5.82 Å². The van der Waals surface area contributed by atoms with E-state index in [4.69, 9.17) is 16.2 Å². The van der Waals surface area contributed by atoms with Crippen LogP contribution in [0.3, 0.4) is 0 Å². The minimum absolute atomic E-state index is 0.0294. The van der Waals surface area contributed by atoms with Crippen LogP contribution in [0.15, 0.2) is 48.5 Å². The van der Waals surface area contributed by atoms with Crippen LogP contribution in [0, 0.1) is 5.95 Å². The fraction of sp³-hybridized carbons (Fsp3) is 0. The van der Waals surface area contributed by atoms with E-state index in [1.807, 2.05) is 0 Å². The number of anilines is 1. The van der Waals surface area contributed by atoms with Gasteiger partial charge in [-0.3, -0.25) is 4.79 Å². The highest BCUT2D eigenvalue weighted by Gasteiger charge is 2.09. The maximum atomic E-state index is 13.0. The van der Waals surface area contributed by atoms with Crippen LogP contribution in [-0.2, 0) is 0 Å². The highest BCUT2D eigenvalue weighted by Crippen LogP contribution is 2.24. The summed E-state index contributed by atoms with van der Waals surface area (Å²) in [7, 11) is 0. The first-order valence-electron chi connectivity index (χ1n) is 6.86. The number of nitrogens with zero attached hydrogens (tertiary/aromatic N) is 3. The molecule has 0 unspecified atom stereocenters. The third-order valence-corrected chi connectivity index (χ3v) is 3.02. The molecule has 3 aromatic rings. The topological polar surface area (TPSA) is 117 Å². The maximum Gasteiger partial charge on any atom is 0.267 e. The van der Waals surface area contributed by atoms with Crippen LogP contribution in [-0.4, -0.2) is 20.9 Å². The molecular formula is C16H12FN5O2. The first kappa shape index (κ1) is 15.3. The van der Waals surface area contributed by atoms with E-state index in [0.717, 1.165) is 0 Å². The van der Waals surface area contributed by atoms with E-state index in [1.165, 1.54) is 24.3 Å². The molecule has 0 aliphatic rings. The predicted molar refractivity (Wildman–Crippen MR) is 84.7 cm³/mol. The second-order valence-electron chi connectivity index (χ2n) is 4.79. The Labute approximate surface area is 136 Å². The minimum atomic E-state index is -0.692. The number of hydrogen-bond acceptors (Lipinski definition) is 6. The number of carbonyl (C=O) groups is 1. The van der Waals surface area contributed by atoms with Crippen molar-refractivity contribution in [2.75, 3.05) is 5.73 Å². The number of primary amides is 1. The Bertz CT molecular complexity index is 899. The zero-order valence-electron chi connectivity index (χ0n) is 12.3. The SMILES string of the molecule is NC(=O)c1cc(N)nc(-c2ccc(Oc3cccc(F)n3)cc2)n1. The highest BCUT2D eigenvalue weighted by atomic mass is 19.1. The minimum Gasteiger partial charge on any atom is -0.439 e. The second-order valence-corrected chi connectivity index (χ2v) is 4.79. The number of rotatable bonds is 4. The predicted octanol–water partition coefficient (Wildman–Crippen LogP) is 2.15. The van der Waals surface area contributed by atoms with Gasteiger partial charge in [-0.15, -0.1) is 0 Å². The molecule has 0 spiro atoms. The lowest BCUT2D eigenvalue weighted by molar-refractivity contribution is 0.0995. The summed E-state index contributed by atoms with van der Waals surface area (Å²) in [6.45, 7) is 0.